The van der Waals surface area contributed by atoms with Gasteiger partial charge in [0.15, 0.2) is 0 Å². The van der Waals surface area contributed by atoms with Crippen LogP contribution >= 0.6 is 0 Å². The minimum Gasteiger partial charge on any atom is -0.329 e. The summed E-state index contributed by atoms with van der Waals surface area (Å²) in [5.41, 5.74) is 9.27. The lowest BCUT2D eigenvalue weighted by molar-refractivity contribution is 0.147. The molecule has 3 heteroatoms. The van der Waals surface area contributed by atoms with Crippen LogP contribution in [0.5, 0.6) is 0 Å². The Bertz CT molecular complexity index is 108. The fraction of sp³-hybridized carbons (Fsp3) is 1.00. The SMILES string of the molecule is CCCC(CC)(CN)NN(C)C. The third kappa shape index (κ3) is 3.52. The van der Waals surface area contributed by atoms with Gasteiger partial charge in [-0.25, -0.2) is 5.43 Å². The van der Waals surface area contributed by atoms with Gasteiger partial charge < -0.3 is 5.73 Å². The number of nitrogens with one attached hydrogen (secondary N) is 1. The highest BCUT2D eigenvalue weighted by molar-refractivity contribution is 4.85. The van der Waals surface area contributed by atoms with Gasteiger partial charge in [0, 0.05) is 26.2 Å². The van der Waals surface area contributed by atoms with Gasteiger partial charge in [-0.3, -0.25) is 5.01 Å². The molecule has 0 spiro atoms. The normalized spacial score (nSPS) is 16.5. The van der Waals surface area contributed by atoms with Crippen molar-refractivity contribution in [3.8, 4) is 0 Å². The highest BCUT2D eigenvalue weighted by atomic mass is 15.5. The van der Waals surface area contributed by atoms with Gasteiger partial charge in [-0.05, 0) is 12.8 Å². The van der Waals surface area contributed by atoms with E-state index in [1.165, 1.54) is 6.42 Å². The summed E-state index contributed by atoms with van der Waals surface area (Å²) in [7, 11) is 4.02. The zero-order chi connectivity index (χ0) is 9.61. The Labute approximate surface area is 76.3 Å². The highest BCUT2D eigenvalue weighted by Crippen LogP contribution is 2.15. The van der Waals surface area contributed by atoms with Crippen molar-refractivity contribution in [1.29, 1.82) is 0 Å². The summed E-state index contributed by atoms with van der Waals surface area (Å²) < 4.78 is 0. The van der Waals surface area contributed by atoms with Crippen molar-refractivity contribution < 1.29 is 0 Å². The largest absolute Gasteiger partial charge is 0.329 e. The second-order valence-electron chi connectivity index (χ2n) is 3.59. The second-order valence-corrected chi connectivity index (χ2v) is 3.59. The van der Waals surface area contributed by atoms with Crippen molar-refractivity contribution in [1.82, 2.24) is 10.4 Å². The number of hydrogen-bond donors (Lipinski definition) is 2. The molecule has 0 aromatic rings. The molecule has 0 saturated heterocycles. The molecule has 0 amide bonds. The van der Waals surface area contributed by atoms with Crippen LogP contribution in [0.15, 0.2) is 0 Å². The standard InChI is InChI=1S/C9H23N3/c1-5-7-9(6-2,8-10)11-12(3)4/h11H,5-8,10H2,1-4H3. The van der Waals surface area contributed by atoms with Crippen LogP contribution in [0.1, 0.15) is 33.1 Å². The molecule has 0 fully saturated rings. The first-order chi connectivity index (χ1) is 5.60. The van der Waals surface area contributed by atoms with E-state index in [0.717, 1.165) is 12.8 Å². The van der Waals surface area contributed by atoms with Crippen LogP contribution in [-0.2, 0) is 0 Å². The van der Waals surface area contributed by atoms with Crippen LogP contribution < -0.4 is 11.2 Å². The maximum absolute atomic E-state index is 5.76. The molecule has 0 aliphatic carbocycles. The van der Waals surface area contributed by atoms with Crippen molar-refractivity contribution in [2.75, 3.05) is 20.6 Å². The fourth-order valence-corrected chi connectivity index (χ4v) is 1.56. The van der Waals surface area contributed by atoms with Gasteiger partial charge in [0.05, 0.1) is 0 Å². The summed E-state index contributed by atoms with van der Waals surface area (Å²) in [6.07, 6.45) is 3.39. The minimum absolute atomic E-state index is 0.109. The summed E-state index contributed by atoms with van der Waals surface area (Å²) in [4.78, 5) is 0. The molecular formula is C9H23N3. The van der Waals surface area contributed by atoms with E-state index < -0.39 is 0 Å². The Morgan fingerprint density at radius 2 is 1.92 bits per heavy atom. The molecule has 0 saturated carbocycles. The van der Waals surface area contributed by atoms with E-state index in [2.05, 4.69) is 19.3 Å². The molecule has 12 heavy (non-hydrogen) atoms. The Hall–Kier alpha value is -0.120. The fourth-order valence-electron chi connectivity index (χ4n) is 1.56. The number of nitrogens with two attached hydrogens (primary N) is 1. The third-order valence-electron chi connectivity index (χ3n) is 2.26. The molecule has 1 unspecified atom stereocenters. The van der Waals surface area contributed by atoms with Gasteiger partial charge >= 0.3 is 0 Å². The van der Waals surface area contributed by atoms with Crippen LogP contribution in [0.4, 0.5) is 0 Å². The van der Waals surface area contributed by atoms with E-state index >= 15 is 0 Å². The molecule has 0 bridgehead atoms. The van der Waals surface area contributed by atoms with E-state index in [4.69, 9.17) is 5.73 Å². The van der Waals surface area contributed by atoms with E-state index in [1.54, 1.807) is 0 Å². The van der Waals surface area contributed by atoms with E-state index in [-0.39, 0.29) is 5.54 Å². The second kappa shape index (κ2) is 5.51. The van der Waals surface area contributed by atoms with E-state index in [9.17, 15) is 0 Å². The average molecular weight is 173 g/mol. The number of nitrogens with zero attached hydrogens (tertiary/aromatic N) is 1. The summed E-state index contributed by atoms with van der Waals surface area (Å²) in [5, 5.41) is 1.99. The molecule has 0 rings (SSSR count). The van der Waals surface area contributed by atoms with Gasteiger partial charge in [0.25, 0.3) is 0 Å². The van der Waals surface area contributed by atoms with Gasteiger partial charge in [0.2, 0.25) is 0 Å². The molecule has 3 nitrogen and oxygen atoms in total. The summed E-state index contributed by atoms with van der Waals surface area (Å²) >= 11 is 0. The number of hydrazine groups is 1. The van der Waals surface area contributed by atoms with Crippen molar-refractivity contribution in [3.05, 3.63) is 0 Å². The number of hydrogen-bond acceptors (Lipinski definition) is 3. The molecular weight excluding hydrogens is 150 g/mol. The van der Waals surface area contributed by atoms with Gasteiger partial charge in [0.1, 0.15) is 0 Å². The molecule has 3 N–H and O–H groups in total. The first-order valence-electron chi connectivity index (χ1n) is 4.75. The van der Waals surface area contributed by atoms with Crippen LogP contribution in [0.25, 0.3) is 0 Å². The molecule has 0 aliphatic heterocycles. The average Bonchev–Trinajstić information content (AvgIpc) is 2.03. The molecule has 0 heterocycles. The Morgan fingerprint density at radius 1 is 1.33 bits per heavy atom. The minimum atomic E-state index is 0.109. The summed E-state index contributed by atoms with van der Waals surface area (Å²) in [6.45, 7) is 5.08. The van der Waals surface area contributed by atoms with Crippen molar-refractivity contribution in [2.24, 2.45) is 5.73 Å². The van der Waals surface area contributed by atoms with E-state index in [0.29, 0.717) is 6.54 Å². The van der Waals surface area contributed by atoms with Gasteiger partial charge in [-0.15, -0.1) is 0 Å². The molecule has 0 aliphatic rings. The topological polar surface area (TPSA) is 41.3 Å². The lowest BCUT2D eigenvalue weighted by atomic mass is 9.91. The Morgan fingerprint density at radius 3 is 2.17 bits per heavy atom. The van der Waals surface area contributed by atoms with Crippen LogP contribution in [0, 0.1) is 0 Å². The zero-order valence-corrected chi connectivity index (χ0v) is 8.85. The molecule has 74 valence electrons. The summed E-state index contributed by atoms with van der Waals surface area (Å²) in [5.74, 6) is 0. The first kappa shape index (κ1) is 11.9. The molecule has 0 radical (unpaired) electrons. The smallest absolute Gasteiger partial charge is 0.0445 e. The molecule has 0 aromatic heterocycles. The molecule has 1 atom stereocenters. The van der Waals surface area contributed by atoms with Crippen molar-refractivity contribution in [2.45, 2.75) is 38.6 Å². The van der Waals surface area contributed by atoms with Gasteiger partial charge in [-0.1, -0.05) is 20.3 Å². The maximum Gasteiger partial charge on any atom is 0.0445 e. The predicted octanol–water partition coefficient (Wildman–Crippen LogP) is 0.960. The van der Waals surface area contributed by atoms with Crippen LogP contribution in [0.2, 0.25) is 0 Å². The van der Waals surface area contributed by atoms with Gasteiger partial charge in [-0.2, -0.15) is 0 Å². The first-order valence-corrected chi connectivity index (χ1v) is 4.75. The number of rotatable bonds is 6. The highest BCUT2D eigenvalue weighted by Gasteiger charge is 2.25. The predicted molar refractivity (Wildman–Crippen MR) is 53.8 cm³/mol. The van der Waals surface area contributed by atoms with Crippen LogP contribution in [-0.4, -0.2) is 31.2 Å². The zero-order valence-electron chi connectivity index (χ0n) is 8.85. The molecule has 0 aromatic carbocycles. The Balaban J connectivity index is 4.13. The van der Waals surface area contributed by atoms with Crippen molar-refractivity contribution in [3.63, 3.8) is 0 Å². The van der Waals surface area contributed by atoms with E-state index in [1.807, 2.05) is 19.1 Å². The quantitative estimate of drug-likeness (QED) is 0.588. The van der Waals surface area contributed by atoms with Crippen LogP contribution in [0.3, 0.4) is 0 Å². The van der Waals surface area contributed by atoms with Crippen molar-refractivity contribution >= 4 is 0 Å². The Kier molecular flexibility index (Phi) is 5.46. The monoisotopic (exact) mass is 173 g/mol. The lowest BCUT2D eigenvalue weighted by Gasteiger charge is -2.35. The summed E-state index contributed by atoms with van der Waals surface area (Å²) in [6, 6.07) is 0. The lowest BCUT2D eigenvalue weighted by Crippen LogP contribution is -2.55. The third-order valence-corrected chi connectivity index (χ3v) is 2.26. The maximum atomic E-state index is 5.76.